The molecule has 1 amide bonds. The average molecular weight is 324 g/mol. The molecule has 0 aliphatic carbocycles. The van der Waals surface area contributed by atoms with Gasteiger partial charge in [0.15, 0.2) is 0 Å². The molecule has 0 N–H and O–H groups in total. The largest absolute Gasteiger partial charge is 0.300 e. The molecular formula is C15H8Cl2FNO2. The van der Waals surface area contributed by atoms with Crippen molar-refractivity contribution in [2.24, 2.45) is 0 Å². The van der Waals surface area contributed by atoms with E-state index in [1.807, 2.05) is 0 Å². The molecule has 0 saturated carbocycles. The highest BCUT2D eigenvalue weighted by Crippen LogP contribution is 2.33. The number of rotatable bonds is 2. The molecule has 1 aliphatic heterocycles. The van der Waals surface area contributed by atoms with Gasteiger partial charge in [-0.2, -0.15) is 0 Å². The molecule has 6 heteroatoms. The molecular weight excluding hydrogens is 316 g/mol. The highest BCUT2D eigenvalue weighted by molar-refractivity contribution is 6.52. The maximum atomic E-state index is 13.3. The molecule has 1 heterocycles. The number of halogens is 3. The minimum Gasteiger partial charge on any atom is -0.300 e. The fraction of sp³-hybridized carbons (Fsp3) is 0.0667. The zero-order chi connectivity index (χ0) is 15.1. The van der Waals surface area contributed by atoms with Crippen LogP contribution in [0.3, 0.4) is 0 Å². The van der Waals surface area contributed by atoms with E-state index in [9.17, 15) is 14.0 Å². The van der Waals surface area contributed by atoms with Crippen LogP contribution in [-0.2, 0) is 11.3 Å². The van der Waals surface area contributed by atoms with Gasteiger partial charge in [0.2, 0.25) is 0 Å². The monoisotopic (exact) mass is 323 g/mol. The number of amides is 1. The second kappa shape index (κ2) is 5.13. The van der Waals surface area contributed by atoms with E-state index in [1.54, 1.807) is 6.07 Å². The summed E-state index contributed by atoms with van der Waals surface area (Å²) >= 11 is 11.9. The minimum absolute atomic E-state index is 0.00844. The normalized spacial score (nSPS) is 13.8. The average Bonchev–Trinajstić information content (AvgIpc) is 2.67. The number of nitrogens with zero attached hydrogens (tertiary/aromatic N) is 1. The molecule has 0 saturated heterocycles. The SMILES string of the molecule is O=C1C(=O)N(Cc2cc(F)ccc2Cl)c2cc(Cl)ccc21. The van der Waals surface area contributed by atoms with Crippen LogP contribution in [0, 0.1) is 5.82 Å². The van der Waals surface area contributed by atoms with Gasteiger partial charge in [-0.3, -0.25) is 9.59 Å². The molecule has 3 nitrogen and oxygen atoms in total. The van der Waals surface area contributed by atoms with Crippen molar-refractivity contribution < 1.29 is 14.0 Å². The Morgan fingerprint density at radius 2 is 1.81 bits per heavy atom. The van der Waals surface area contributed by atoms with Crippen LogP contribution in [0.5, 0.6) is 0 Å². The lowest BCUT2D eigenvalue weighted by molar-refractivity contribution is -0.114. The van der Waals surface area contributed by atoms with E-state index in [1.165, 1.54) is 35.2 Å². The Balaban J connectivity index is 2.04. The molecule has 0 atom stereocenters. The fourth-order valence-corrected chi connectivity index (χ4v) is 2.60. The van der Waals surface area contributed by atoms with Crippen LogP contribution >= 0.6 is 23.2 Å². The molecule has 0 bridgehead atoms. The standard InChI is InChI=1S/C15H8Cl2FNO2/c16-9-1-3-11-13(6-9)19(15(21)14(11)20)7-8-5-10(18)2-4-12(8)17/h1-6H,7H2. The van der Waals surface area contributed by atoms with Gasteiger partial charge >= 0.3 is 0 Å². The van der Waals surface area contributed by atoms with Gasteiger partial charge in [0.25, 0.3) is 11.7 Å². The lowest BCUT2D eigenvalue weighted by atomic mass is 10.1. The van der Waals surface area contributed by atoms with E-state index in [0.29, 0.717) is 21.3 Å². The van der Waals surface area contributed by atoms with Gasteiger partial charge in [0.05, 0.1) is 17.8 Å². The van der Waals surface area contributed by atoms with Crippen molar-refractivity contribution in [2.75, 3.05) is 4.90 Å². The summed E-state index contributed by atoms with van der Waals surface area (Å²) in [6, 6.07) is 8.46. The van der Waals surface area contributed by atoms with Crippen LogP contribution in [0.2, 0.25) is 10.0 Å². The number of hydrogen-bond acceptors (Lipinski definition) is 2. The molecule has 0 fully saturated rings. The molecule has 1 aliphatic rings. The third kappa shape index (κ3) is 2.41. The van der Waals surface area contributed by atoms with Crippen LogP contribution in [0.1, 0.15) is 15.9 Å². The van der Waals surface area contributed by atoms with Gasteiger partial charge in [-0.05, 0) is 42.0 Å². The second-order valence-corrected chi connectivity index (χ2v) is 5.46. The van der Waals surface area contributed by atoms with Gasteiger partial charge in [-0.15, -0.1) is 0 Å². The van der Waals surface area contributed by atoms with Crippen molar-refractivity contribution in [3.8, 4) is 0 Å². The van der Waals surface area contributed by atoms with Gasteiger partial charge in [0, 0.05) is 10.0 Å². The molecule has 106 valence electrons. The molecule has 0 spiro atoms. The summed E-state index contributed by atoms with van der Waals surface area (Å²) in [5, 5.41) is 0.735. The van der Waals surface area contributed by atoms with Crippen LogP contribution in [0.25, 0.3) is 0 Å². The molecule has 0 aromatic heterocycles. The van der Waals surface area contributed by atoms with Crippen molar-refractivity contribution in [1.29, 1.82) is 0 Å². The summed E-state index contributed by atoms with van der Waals surface area (Å²) < 4.78 is 13.3. The summed E-state index contributed by atoms with van der Waals surface area (Å²) in [6.07, 6.45) is 0. The highest BCUT2D eigenvalue weighted by Gasteiger charge is 2.36. The van der Waals surface area contributed by atoms with Gasteiger partial charge in [-0.1, -0.05) is 23.2 Å². The first kappa shape index (κ1) is 14.0. The Labute approximate surface area is 129 Å². The predicted molar refractivity (Wildman–Crippen MR) is 78.4 cm³/mol. The number of Topliss-reactive ketones (excluding diaryl/α,β-unsaturated/α-hetero) is 1. The molecule has 0 unspecified atom stereocenters. The van der Waals surface area contributed by atoms with Crippen molar-refractivity contribution in [3.63, 3.8) is 0 Å². The number of benzene rings is 2. The number of anilines is 1. The maximum Gasteiger partial charge on any atom is 0.299 e. The Morgan fingerprint density at radius 3 is 2.57 bits per heavy atom. The Morgan fingerprint density at radius 1 is 1.05 bits per heavy atom. The maximum absolute atomic E-state index is 13.3. The fourth-order valence-electron chi connectivity index (χ4n) is 2.26. The third-order valence-electron chi connectivity index (χ3n) is 3.27. The van der Waals surface area contributed by atoms with Crippen molar-refractivity contribution in [1.82, 2.24) is 0 Å². The first-order chi connectivity index (χ1) is 9.97. The summed E-state index contributed by atoms with van der Waals surface area (Å²) in [5.41, 5.74) is 1.13. The van der Waals surface area contributed by atoms with E-state index in [-0.39, 0.29) is 12.1 Å². The quantitative estimate of drug-likeness (QED) is 0.787. The number of carbonyl (C=O) groups is 2. The molecule has 2 aromatic carbocycles. The molecule has 21 heavy (non-hydrogen) atoms. The van der Waals surface area contributed by atoms with Crippen molar-refractivity contribution >= 4 is 40.6 Å². The summed E-state index contributed by atoms with van der Waals surface area (Å²) in [4.78, 5) is 25.2. The molecule has 3 rings (SSSR count). The van der Waals surface area contributed by atoms with Crippen LogP contribution in [0.4, 0.5) is 10.1 Å². The number of hydrogen-bond donors (Lipinski definition) is 0. The second-order valence-electron chi connectivity index (χ2n) is 4.62. The minimum atomic E-state index is -0.674. The topological polar surface area (TPSA) is 37.4 Å². The van der Waals surface area contributed by atoms with Crippen molar-refractivity contribution in [2.45, 2.75) is 6.54 Å². The summed E-state index contributed by atoms with van der Waals surface area (Å²) in [5.74, 6) is -1.74. The van der Waals surface area contributed by atoms with Crippen LogP contribution in [-0.4, -0.2) is 11.7 Å². The lowest BCUT2D eigenvalue weighted by Crippen LogP contribution is -2.29. The first-order valence-electron chi connectivity index (χ1n) is 6.07. The smallest absolute Gasteiger partial charge is 0.299 e. The zero-order valence-corrected chi connectivity index (χ0v) is 12.1. The third-order valence-corrected chi connectivity index (χ3v) is 3.87. The summed E-state index contributed by atoms with van der Waals surface area (Å²) in [7, 11) is 0. The number of ketones is 1. The Bertz CT molecular complexity index is 776. The van der Waals surface area contributed by atoms with Crippen LogP contribution in [0.15, 0.2) is 36.4 Å². The highest BCUT2D eigenvalue weighted by atomic mass is 35.5. The van der Waals surface area contributed by atoms with E-state index in [4.69, 9.17) is 23.2 Å². The molecule has 0 radical (unpaired) electrons. The van der Waals surface area contributed by atoms with Gasteiger partial charge < -0.3 is 4.90 Å². The van der Waals surface area contributed by atoms with E-state index in [0.717, 1.165) is 0 Å². The Kier molecular flexibility index (Phi) is 3.43. The first-order valence-corrected chi connectivity index (χ1v) is 6.82. The van der Waals surface area contributed by atoms with Crippen LogP contribution < -0.4 is 4.90 Å². The van der Waals surface area contributed by atoms with Gasteiger partial charge in [-0.25, -0.2) is 4.39 Å². The van der Waals surface area contributed by atoms with Gasteiger partial charge in [0.1, 0.15) is 5.82 Å². The van der Waals surface area contributed by atoms with Crippen molar-refractivity contribution in [3.05, 3.63) is 63.4 Å². The number of fused-ring (bicyclic) bond motifs is 1. The van der Waals surface area contributed by atoms with E-state index in [2.05, 4.69) is 0 Å². The lowest BCUT2D eigenvalue weighted by Gasteiger charge is -2.17. The predicted octanol–water partition coefficient (Wildman–Crippen LogP) is 3.86. The van der Waals surface area contributed by atoms with E-state index < -0.39 is 17.5 Å². The zero-order valence-electron chi connectivity index (χ0n) is 10.6. The molecule has 2 aromatic rings. The summed E-state index contributed by atoms with van der Waals surface area (Å²) in [6.45, 7) is 0.00844. The van der Waals surface area contributed by atoms with E-state index >= 15 is 0 Å². The Hall–Kier alpha value is -1.91. The number of carbonyl (C=O) groups excluding carboxylic acids is 2.